The van der Waals surface area contributed by atoms with E-state index in [9.17, 15) is 4.79 Å². The highest BCUT2D eigenvalue weighted by atomic mass is 35.5. The van der Waals surface area contributed by atoms with Crippen molar-refractivity contribution in [2.75, 3.05) is 26.2 Å². The first-order valence-electron chi connectivity index (χ1n) is 6.99. The van der Waals surface area contributed by atoms with Crippen LogP contribution in [-0.2, 0) is 0 Å². The van der Waals surface area contributed by atoms with Crippen LogP contribution in [0.1, 0.15) is 35.9 Å². The van der Waals surface area contributed by atoms with Crippen molar-refractivity contribution >= 4 is 30.7 Å². The molecular weight excluding hydrogens is 311 g/mol. The van der Waals surface area contributed by atoms with E-state index in [4.69, 9.17) is 0 Å². The molecule has 1 aromatic rings. The van der Waals surface area contributed by atoms with E-state index in [2.05, 4.69) is 22.2 Å². The number of carbonyl (C=O) groups excluding carboxylic acids is 1. The number of carbonyl (C=O) groups is 1. The largest absolute Gasteiger partial charge is 0.337 e. The quantitative estimate of drug-likeness (QED) is 0.915. The molecule has 0 saturated carbocycles. The van der Waals surface area contributed by atoms with Crippen LogP contribution in [0.3, 0.4) is 0 Å². The Bertz CT molecular complexity index is 419. The number of halogens is 2. The lowest BCUT2D eigenvalue weighted by atomic mass is 9.96. The van der Waals surface area contributed by atoms with Crippen molar-refractivity contribution in [3.8, 4) is 0 Å². The molecule has 0 spiro atoms. The molecule has 0 radical (unpaired) electrons. The second-order valence-electron chi connectivity index (χ2n) is 5.09. The molecule has 1 saturated heterocycles. The number of aryl methyl sites for hydroxylation is 1. The van der Waals surface area contributed by atoms with Gasteiger partial charge in [0, 0.05) is 19.3 Å². The van der Waals surface area contributed by atoms with E-state index in [1.54, 1.807) is 12.4 Å². The summed E-state index contributed by atoms with van der Waals surface area (Å²) in [5, 5.41) is 3.37. The molecule has 1 aliphatic rings. The van der Waals surface area contributed by atoms with Crippen LogP contribution in [0.25, 0.3) is 0 Å². The zero-order valence-electron chi connectivity index (χ0n) is 12.5. The highest BCUT2D eigenvalue weighted by Crippen LogP contribution is 2.17. The van der Waals surface area contributed by atoms with Gasteiger partial charge in [-0.1, -0.05) is 6.92 Å². The van der Waals surface area contributed by atoms with Crippen molar-refractivity contribution in [2.45, 2.75) is 26.7 Å². The molecule has 0 unspecified atom stereocenters. The Balaban J connectivity index is 0.00000200. The maximum absolute atomic E-state index is 12.2. The molecule has 0 atom stereocenters. The first-order chi connectivity index (χ1) is 9.20. The van der Waals surface area contributed by atoms with Gasteiger partial charge >= 0.3 is 0 Å². The maximum Gasteiger partial charge on any atom is 0.274 e. The number of rotatable bonds is 4. The number of hydrogen-bond acceptors (Lipinski definition) is 4. The van der Waals surface area contributed by atoms with Gasteiger partial charge < -0.3 is 10.2 Å². The average Bonchev–Trinajstić information content (AvgIpc) is 2.46. The van der Waals surface area contributed by atoms with E-state index in [-0.39, 0.29) is 30.7 Å². The van der Waals surface area contributed by atoms with Gasteiger partial charge in [-0.05, 0) is 38.8 Å². The summed E-state index contributed by atoms with van der Waals surface area (Å²) in [7, 11) is 0. The van der Waals surface area contributed by atoms with Gasteiger partial charge in [0.15, 0.2) is 0 Å². The van der Waals surface area contributed by atoms with Crippen LogP contribution < -0.4 is 5.32 Å². The Labute approximate surface area is 138 Å². The Hall–Kier alpha value is -0.910. The molecule has 0 aliphatic carbocycles. The van der Waals surface area contributed by atoms with Gasteiger partial charge in [0.25, 0.3) is 5.91 Å². The number of nitrogens with one attached hydrogen (secondary N) is 1. The highest BCUT2D eigenvalue weighted by molar-refractivity contribution is 5.92. The van der Waals surface area contributed by atoms with E-state index in [0.29, 0.717) is 11.6 Å². The topological polar surface area (TPSA) is 58.1 Å². The standard InChI is InChI=1S/C14H22N4O.2ClH/c1-3-15-9-12-4-6-18(7-5-12)14(19)13-10-16-11(2)8-17-13;;/h8,10,12,15H,3-7,9H2,1-2H3;2*1H. The molecule has 1 fully saturated rings. The molecule has 5 nitrogen and oxygen atoms in total. The van der Waals surface area contributed by atoms with E-state index in [1.165, 1.54) is 0 Å². The van der Waals surface area contributed by atoms with Crippen molar-refractivity contribution in [3.05, 3.63) is 23.8 Å². The Morgan fingerprint density at radius 3 is 2.48 bits per heavy atom. The minimum atomic E-state index is 0. The second kappa shape index (κ2) is 9.92. The van der Waals surface area contributed by atoms with Gasteiger partial charge in [0.2, 0.25) is 0 Å². The highest BCUT2D eigenvalue weighted by Gasteiger charge is 2.24. The van der Waals surface area contributed by atoms with Crippen molar-refractivity contribution in [1.82, 2.24) is 20.2 Å². The van der Waals surface area contributed by atoms with Gasteiger partial charge in [-0.15, -0.1) is 24.8 Å². The molecule has 0 aromatic carbocycles. The first-order valence-corrected chi connectivity index (χ1v) is 6.99. The van der Waals surface area contributed by atoms with Crippen molar-refractivity contribution in [2.24, 2.45) is 5.92 Å². The first kappa shape index (κ1) is 20.1. The third-order valence-electron chi connectivity index (χ3n) is 3.58. The van der Waals surface area contributed by atoms with Gasteiger partial charge in [-0.2, -0.15) is 0 Å². The average molecular weight is 335 g/mol. The van der Waals surface area contributed by atoms with Crippen LogP contribution in [0, 0.1) is 12.8 Å². The van der Waals surface area contributed by atoms with Crippen LogP contribution in [0.15, 0.2) is 12.4 Å². The molecule has 1 aliphatic heterocycles. The lowest BCUT2D eigenvalue weighted by Crippen LogP contribution is -2.41. The van der Waals surface area contributed by atoms with Crippen LogP contribution in [0.5, 0.6) is 0 Å². The van der Waals surface area contributed by atoms with Gasteiger partial charge in [0.05, 0.1) is 11.9 Å². The second-order valence-corrected chi connectivity index (χ2v) is 5.09. The molecule has 1 N–H and O–H groups in total. The van der Waals surface area contributed by atoms with Crippen molar-refractivity contribution < 1.29 is 4.79 Å². The Morgan fingerprint density at radius 1 is 1.29 bits per heavy atom. The molecule has 21 heavy (non-hydrogen) atoms. The normalized spacial score (nSPS) is 15.0. The fraction of sp³-hybridized carbons (Fsp3) is 0.643. The van der Waals surface area contributed by atoms with Crippen molar-refractivity contribution in [3.63, 3.8) is 0 Å². The minimum absolute atomic E-state index is 0. The zero-order chi connectivity index (χ0) is 13.7. The summed E-state index contributed by atoms with van der Waals surface area (Å²) >= 11 is 0. The fourth-order valence-electron chi connectivity index (χ4n) is 2.35. The summed E-state index contributed by atoms with van der Waals surface area (Å²) in [6.07, 6.45) is 5.35. The Morgan fingerprint density at radius 2 is 1.95 bits per heavy atom. The fourth-order valence-corrected chi connectivity index (χ4v) is 2.35. The number of hydrogen-bond donors (Lipinski definition) is 1. The summed E-state index contributed by atoms with van der Waals surface area (Å²) in [6, 6.07) is 0. The molecule has 0 bridgehead atoms. The summed E-state index contributed by atoms with van der Waals surface area (Å²) in [6.45, 7) is 7.71. The summed E-state index contributed by atoms with van der Waals surface area (Å²) in [5.41, 5.74) is 1.29. The van der Waals surface area contributed by atoms with E-state index in [1.807, 2.05) is 11.8 Å². The maximum atomic E-state index is 12.2. The van der Waals surface area contributed by atoms with Gasteiger partial charge in [-0.3, -0.25) is 9.78 Å². The molecule has 2 heterocycles. The van der Waals surface area contributed by atoms with Gasteiger partial charge in [-0.25, -0.2) is 4.98 Å². The number of nitrogens with zero attached hydrogens (tertiary/aromatic N) is 3. The number of likely N-dealkylation sites (tertiary alicyclic amines) is 1. The number of aromatic nitrogens is 2. The predicted molar refractivity (Wildman–Crippen MR) is 88.4 cm³/mol. The molecule has 1 amide bonds. The van der Waals surface area contributed by atoms with Crippen molar-refractivity contribution in [1.29, 1.82) is 0 Å². The van der Waals surface area contributed by atoms with Crippen LogP contribution in [0.4, 0.5) is 0 Å². The molecule has 2 rings (SSSR count). The van der Waals surface area contributed by atoms with Gasteiger partial charge in [0.1, 0.15) is 5.69 Å². The third kappa shape index (κ3) is 5.77. The molecule has 120 valence electrons. The number of piperidine rings is 1. The van der Waals surface area contributed by atoms with Crippen LogP contribution in [-0.4, -0.2) is 47.0 Å². The summed E-state index contributed by atoms with van der Waals surface area (Å²) in [5.74, 6) is 0.697. The summed E-state index contributed by atoms with van der Waals surface area (Å²) in [4.78, 5) is 22.4. The van der Waals surface area contributed by atoms with E-state index in [0.717, 1.165) is 44.7 Å². The van der Waals surface area contributed by atoms with Crippen LogP contribution >= 0.6 is 24.8 Å². The van der Waals surface area contributed by atoms with E-state index >= 15 is 0 Å². The summed E-state index contributed by atoms with van der Waals surface area (Å²) < 4.78 is 0. The van der Waals surface area contributed by atoms with E-state index < -0.39 is 0 Å². The molecule has 1 aromatic heterocycles. The Kier molecular flexibility index (Phi) is 9.49. The minimum Gasteiger partial charge on any atom is -0.337 e. The monoisotopic (exact) mass is 334 g/mol. The SMILES string of the molecule is CCNCC1CCN(C(=O)c2cnc(C)cn2)CC1.Cl.Cl. The number of amides is 1. The third-order valence-corrected chi connectivity index (χ3v) is 3.58. The van der Waals surface area contributed by atoms with Crippen LogP contribution in [0.2, 0.25) is 0 Å². The lowest BCUT2D eigenvalue weighted by Gasteiger charge is -2.31. The zero-order valence-corrected chi connectivity index (χ0v) is 14.2. The molecule has 7 heteroatoms. The predicted octanol–water partition coefficient (Wildman–Crippen LogP) is 2.09. The smallest absolute Gasteiger partial charge is 0.274 e. The molecular formula is C14H24Cl2N4O. The lowest BCUT2D eigenvalue weighted by molar-refractivity contribution is 0.0684.